The van der Waals surface area contributed by atoms with Crippen LogP contribution in [0.2, 0.25) is 0 Å². The molecule has 6 rings (SSSR count). The lowest BCUT2D eigenvalue weighted by molar-refractivity contribution is 0.138. The lowest BCUT2D eigenvalue weighted by Gasteiger charge is -2.41. The van der Waals surface area contributed by atoms with E-state index >= 15 is 0 Å². The largest absolute Gasteiger partial charge is 0.331 e. The molecule has 2 bridgehead atoms. The second-order valence-electron chi connectivity index (χ2n) is 11.3. The standard InChI is InChI=1S/C27H39N3O.H2/c31-26(30-12-3-4-13-30)28-25-19-27(24-6-2-1-5-23(24)25)10-15-29(16-11-27)14-9-22-18-20-7-8-21(22)17-20;/h1-2,5-6,20-22,25H,3-4,7-19H2,(H,28,31);1H/t20-,21-,22?,25+;/m1./s1. The van der Waals surface area contributed by atoms with E-state index in [1.165, 1.54) is 75.7 Å². The molecule has 3 aliphatic carbocycles. The van der Waals surface area contributed by atoms with Gasteiger partial charge in [-0.1, -0.05) is 30.7 Å². The van der Waals surface area contributed by atoms with Gasteiger partial charge in [0.15, 0.2) is 0 Å². The maximum Gasteiger partial charge on any atom is 0.317 e. The first kappa shape index (κ1) is 20.1. The monoisotopic (exact) mass is 423 g/mol. The lowest BCUT2D eigenvalue weighted by Crippen LogP contribution is -2.43. The molecule has 0 radical (unpaired) electrons. The Labute approximate surface area is 189 Å². The SMILES string of the molecule is O=C(N[C@H]1CC2(CCN(CCC3C[C@@H]4CC[C@@H]3C4)CC2)c2ccccc21)N1CCCC1.[HH]. The fourth-order valence-electron chi connectivity index (χ4n) is 7.94. The second kappa shape index (κ2) is 8.10. The van der Waals surface area contributed by atoms with Gasteiger partial charge in [-0.15, -0.1) is 0 Å². The Hall–Kier alpha value is -1.55. The van der Waals surface area contributed by atoms with Gasteiger partial charge in [0.2, 0.25) is 0 Å². The fourth-order valence-corrected chi connectivity index (χ4v) is 7.94. The minimum atomic E-state index is 0. The van der Waals surface area contributed by atoms with Gasteiger partial charge in [-0.05, 0) is 106 Å². The van der Waals surface area contributed by atoms with Gasteiger partial charge in [0.25, 0.3) is 0 Å². The number of carbonyl (C=O) groups is 1. The molecule has 2 heterocycles. The van der Waals surface area contributed by atoms with Crippen molar-refractivity contribution in [1.29, 1.82) is 0 Å². The summed E-state index contributed by atoms with van der Waals surface area (Å²) in [4.78, 5) is 17.6. The van der Waals surface area contributed by atoms with Crippen LogP contribution < -0.4 is 5.32 Å². The van der Waals surface area contributed by atoms with Crippen molar-refractivity contribution in [2.75, 3.05) is 32.7 Å². The number of nitrogens with one attached hydrogen (secondary N) is 1. The minimum absolute atomic E-state index is 0. The fraction of sp³-hybridized carbons (Fsp3) is 0.741. The van der Waals surface area contributed by atoms with E-state index in [0.29, 0.717) is 0 Å². The van der Waals surface area contributed by atoms with Gasteiger partial charge in [-0.25, -0.2) is 4.79 Å². The highest BCUT2D eigenvalue weighted by Gasteiger charge is 2.46. The van der Waals surface area contributed by atoms with Gasteiger partial charge >= 0.3 is 6.03 Å². The van der Waals surface area contributed by atoms with Gasteiger partial charge in [0.1, 0.15) is 0 Å². The molecular weight excluding hydrogens is 382 g/mol. The molecule has 31 heavy (non-hydrogen) atoms. The van der Waals surface area contributed by atoms with Crippen LogP contribution in [-0.4, -0.2) is 48.6 Å². The average Bonchev–Trinajstić information content (AvgIpc) is 3.59. The summed E-state index contributed by atoms with van der Waals surface area (Å²) in [6.07, 6.45) is 13.4. The van der Waals surface area contributed by atoms with Crippen LogP contribution in [0.15, 0.2) is 24.3 Å². The first-order valence-electron chi connectivity index (χ1n) is 13.1. The van der Waals surface area contributed by atoms with Crippen LogP contribution in [0.25, 0.3) is 0 Å². The number of amides is 2. The van der Waals surface area contributed by atoms with E-state index in [4.69, 9.17) is 0 Å². The summed E-state index contributed by atoms with van der Waals surface area (Å²) >= 11 is 0. The van der Waals surface area contributed by atoms with Crippen molar-refractivity contribution in [3.63, 3.8) is 0 Å². The smallest absolute Gasteiger partial charge is 0.317 e. The highest BCUT2D eigenvalue weighted by atomic mass is 16.2. The van der Waals surface area contributed by atoms with Crippen molar-refractivity contribution in [2.24, 2.45) is 17.8 Å². The van der Waals surface area contributed by atoms with E-state index in [1.54, 1.807) is 0 Å². The highest BCUT2D eigenvalue weighted by molar-refractivity contribution is 5.75. The Morgan fingerprint density at radius 3 is 2.61 bits per heavy atom. The number of urea groups is 1. The van der Waals surface area contributed by atoms with Crippen molar-refractivity contribution in [2.45, 2.75) is 75.7 Å². The van der Waals surface area contributed by atoms with Crippen molar-refractivity contribution >= 4 is 6.03 Å². The summed E-state index contributed by atoms with van der Waals surface area (Å²) in [5.41, 5.74) is 3.17. The first-order chi connectivity index (χ1) is 15.2. The van der Waals surface area contributed by atoms with Gasteiger partial charge < -0.3 is 15.1 Å². The number of rotatable bonds is 4. The minimum Gasteiger partial charge on any atom is -0.331 e. The topological polar surface area (TPSA) is 35.6 Å². The summed E-state index contributed by atoms with van der Waals surface area (Å²) < 4.78 is 0. The summed E-state index contributed by atoms with van der Waals surface area (Å²) in [5.74, 6) is 3.15. The predicted octanol–water partition coefficient (Wildman–Crippen LogP) is 5.34. The van der Waals surface area contributed by atoms with Crippen LogP contribution in [0.3, 0.4) is 0 Å². The molecule has 1 spiro atoms. The summed E-state index contributed by atoms with van der Waals surface area (Å²) in [5, 5.41) is 3.41. The van der Waals surface area contributed by atoms with Gasteiger partial charge in [-0.3, -0.25) is 0 Å². The number of hydrogen-bond acceptors (Lipinski definition) is 2. The van der Waals surface area contributed by atoms with Crippen LogP contribution in [0.5, 0.6) is 0 Å². The molecule has 4 fully saturated rings. The maximum atomic E-state index is 12.8. The van der Waals surface area contributed by atoms with Crippen LogP contribution in [0, 0.1) is 17.8 Å². The average molecular weight is 424 g/mol. The van der Waals surface area contributed by atoms with Crippen molar-refractivity contribution in [3.05, 3.63) is 35.4 Å². The normalized spacial score (nSPS) is 33.9. The Morgan fingerprint density at radius 2 is 1.87 bits per heavy atom. The van der Waals surface area contributed by atoms with Crippen LogP contribution in [0.4, 0.5) is 4.79 Å². The molecule has 1 unspecified atom stereocenters. The number of nitrogens with zero attached hydrogens (tertiary/aromatic N) is 2. The third-order valence-electron chi connectivity index (χ3n) is 9.71. The Morgan fingerprint density at radius 1 is 1.06 bits per heavy atom. The molecule has 2 saturated heterocycles. The number of carbonyl (C=O) groups excluding carboxylic acids is 1. The molecule has 4 nitrogen and oxygen atoms in total. The zero-order valence-electron chi connectivity index (χ0n) is 19.0. The number of piperidine rings is 1. The number of hydrogen-bond donors (Lipinski definition) is 1. The van der Waals surface area contributed by atoms with Crippen molar-refractivity contribution in [1.82, 2.24) is 15.1 Å². The van der Waals surface area contributed by atoms with E-state index in [1.807, 2.05) is 4.90 Å². The maximum absolute atomic E-state index is 12.8. The molecule has 1 aromatic rings. The van der Waals surface area contributed by atoms with Crippen LogP contribution in [0.1, 0.15) is 82.8 Å². The number of benzene rings is 1. The van der Waals surface area contributed by atoms with Crippen LogP contribution in [-0.2, 0) is 5.41 Å². The predicted molar refractivity (Wildman–Crippen MR) is 126 cm³/mol. The third kappa shape index (κ3) is 3.69. The molecule has 5 aliphatic rings. The van der Waals surface area contributed by atoms with Crippen LogP contribution >= 0.6 is 0 Å². The van der Waals surface area contributed by atoms with E-state index in [9.17, 15) is 4.79 Å². The molecule has 2 saturated carbocycles. The quantitative estimate of drug-likeness (QED) is 0.709. The summed E-state index contributed by atoms with van der Waals surface area (Å²) in [6.45, 7) is 5.59. The number of likely N-dealkylation sites (tertiary alicyclic amines) is 2. The molecule has 4 atom stereocenters. The van der Waals surface area contributed by atoms with Gasteiger partial charge in [-0.2, -0.15) is 0 Å². The Kier molecular flexibility index (Phi) is 5.25. The molecule has 2 aliphatic heterocycles. The summed E-state index contributed by atoms with van der Waals surface area (Å²) in [6, 6.07) is 9.30. The molecule has 2 amide bonds. The van der Waals surface area contributed by atoms with E-state index in [0.717, 1.165) is 50.1 Å². The Bertz CT molecular complexity index is 815. The third-order valence-corrected chi connectivity index (χ3v) is 9.71. The molecule has 1 N–H and O–H groups in total. The van der Waals surface area contributed by atoms with E-state index in [-0.39, 0.29) is 18.9 Å². The lowest BCUT2D eigenvalue weighted by atomic mass is 9.73. The van der Waals surface area contributed by atoms with Crippen molar-refractivity contribution < 1.29 is 6.22 Å². The first-order valence-corrected chi connectivity index (χ1v) is 13.1. The van der Waals surface area contributed by atoms with Gasteiger partial charge in [0, 0.05) is 19.9 Å². The van der Waals surface area contributed by atoms with E-state index in [2.05, 4.69) is 34.5 Å². The zero-order valence-corrected chi connectivity index (χ0v) is 19.0. The molecule has 0 aromatic heterocycles. The highest BCUT2D eigenvalue weighted by Crippen LogP contribution is 2.52. The summed E-state index contributed by atoms with van der Waals surface area (Å²) in [7, 11) is 0. The van der Waals surface area contributed by atoms with Crippen molar-refractivity contribution in [3.8, 4) is 0 Å². The zero-order chi connectivity index (χ0) is 20.8. The molecule has 1 aromatic carbocycles. The second-order valence-corrected chi connectivity index (χ2v) is 11.3. The molecule has 170 valence electrons. The van der Waals surface area contributed by atoms with Gasteiger partial charge in [0.05, 0.1) is 6.04 Å². The Balaban J connectivity index is 0.00000216. The number of fused-ring (bicyclic) bond motifs is 4. The van der Waals surface area contributed by atoms with E-state index < -0.39 is 0 Å². The molecular formula is C27H41N3O. The molecule has 4 heteroatoms.